The molecule has 1 atom stereocenters. The van der Waals surface area contributed by atoms with Gasteiger partial charge in [-0.3, -0.25) is 14.7 Å². The molecule has 3 N–H and O–H groups in total. The summed E-state index contributed by atoms with van der Waals surface area (Å²) in [5.41, 5.74) is 1.82. The van der Waals surface area contributed by atoms with E-state index in [1.165, 1.54) is 29.3 Å². The molecule has 1 aliphatic carbocycles. The maximum atomic E-state index is 13.6. The topological polar surface area (TPSA) is 121 Å². The molecule has 18 radical (unpaired) electrons. The fraction of sp³-hybridized carbons (Fsp3) is 0.375. The molecule has 0 aliphatic heterocycles. The van der Waals surface area contributed by atoms with Gasteiger partial charge in [0.2, 0.25) is 5.88 Å². The van der Waals surface area contributed by atoms with E-state index < -0.39 is 45.7 Å². The largest absolute Gasteiger partial charge is 0.573 e. The summed E-state index contributed by atoms with van der Waals surface area (Å²) in [4.78, 5) is 32.4. The van der Waals surface area contributed by atoms with Gasteiger partial charge in [0.15, 0.2) is 5.69 Å². The van der Waals surface area contributed by atoms with Crippen molar-refractivity contribution in [2.75, 3.05) is 0 Å². The first-order valence-corrected chi connectivity index (χ1v) is 16.5. The highest BCUT2D eigenvalue weighted by molar-refractivity contribution is 6.63. The summed E-state index contributed by atoms with van der Waals surface area (Å²) in [6.45, 7) is 1.56. The van der Waals surface area contributed by atoms with Crippen LogP contribution in [0.1, 0.15) is 65.1 Å². The summed E-state index contributed by atoms with van der Waals surface area (Å²) in [7, 11) is 52.1. The van der Waals surface area contributed by atoms with Crippen LogP contribution in [0.4, 0.5) is 13.2 Å². The number of nitrogens with one attached hydrogen (secondary N) is 3. The molecule has 1 saturated carbocycles. The number of fused-ring (bicyclic) bond motifs is 1. The molecule has 2 heterocycles. The van der Waals surface area contributed by atoms with Crippen molar-refractivity contribution in [3.05, 3.63) is 71.5 Å². The van der Waals surface area contributed by atoms with Gasteiger partial charge >= 0.3 is 6.36 Å². The molecule has 256 valence electrons. The molecular formula is C32H26B9F3N6O4. The molecule has 2 aromatic heterocycles. The molecule has 0 saturated heterocycles. The fourth-order valence-electron chi connectivity index (χ4n) is 6.43. The number of H-pyrrole nitrogens is 1. The highest BCUT2D eigenvalue weighted by atomic mass is 19.4. The monoisotopic (exact) mass is 714 g/mol. The van der Waals surface area contributed by atoms with Gasteiger partial charge in [0, 0.05) is 29.2 Å². The van der Waals surface area contributed by atoms with Crippen LogP contribution in [-0.4, -0.2) is 137 Å². The zero-order chi connectivity index (χ0) is 39.8. The second-order valence-electron chi connectivity index (χ2n) is 13.3. The van der Waals surface area contributed by atoms with Crippen molar-refractivity contribution in [1.82, 2.24) is 30.7 Å². The number of alkyl halides is 3. The highest BCUT2D eigenvalue weighted by Crippen LogP contribution is 2.32. The predicted molar refractivity (Wildman–Crippen MR) is 204 cm³/mol. The van der Waals surface area contributed by atoms with Crippen LogP contribution in [0.5, 0.6) is 11.6 Å². The fourth-order valence-corrected chi connectivity index (χ4v) is 6.43. The Labute approximate surface area is 322 Å². The van der Waals surface area contributed by atoms with E-state index in [4.69, 9.17) is 75.4 Å². The standard InChI is InChI=1S/C32H26B9F3N6O4/c1-15(16-3-2-4-21(11-16)53-32(42,43)44)46-26(51)23-12-18(14-45-28(23)54-31(39,40)41)17-5-10-22-24(13-17)48-49-25(22)27(52)47-19-6-8-20(9-7-19)50(29(33,34)35)30(36,37)38/h2-5,10-15,19-20H,6-9H2,1H3,(H,46,51)(H,47,52)(H,48,49). The van der Waals surface area contributed by atoms with E-state index in [9.17, 15) is 22.8 Å². The molecule has 22 heteroatoms. The molecule has 10 nitrogen and oxygen atoms in total. The van der Waals surface area contributed by atoms with E-state index >= 15 is 0 Å². The first kappa shape index (κ1) is 41.1. The number of hydrogen-bond donors (Lipinski definition) is 3. The van der Waals surface area contributed by atoms with Gasteiger partial charge in [-0.05, 0) is 79.4 Å². The number of rotatable bonds is 12. The van der Waals surface area contributed by atoms with Crippen LogP contribution in [0.15, 0.2) is 54.7 Å². The van der Waals surface area contributed by atoms with E-state index in [0.29, 0.717) is 53.3 Å². The number of halogens is 3. The number of nitrogens with zero attached hydrogens (tertiary/aromatic N) is 3. The van der Waals surface area contributed by atoms with Crippen molar-refractivity contribution >= 4 is 93.3 Å². The number of aromatic amines is 1. The van der Waals surface area contributed by atoms with Crippen molar-refractivity contribution < 1.29 is 32.2 Å². The average Bonchev–Trinajstić information content (AvgIpc) is 3.47. The van der Waals surface area contributed by atoms with Crippen LogP contribution in [0, 0.1) is 0 Å². The molecule has 2 amide bonds. The van der Waals surface area contributed by atoms with Crippen molar-refractivity contribution in [2.45, 2.75) is 72.9 Å². The first-order valence-electron chi connectivity index (χ1n) is 16.5. The molecule has 0 spiro atoms. The Morgan fingerprint density at radius 3 is 2.15 bits per heavy atom. The van der Waals surface area contributed by atoms with Crippen molar-refractivity contribution in [3.8, 4) is 22.8 Å². The second kappa shape index (κ2) is 15.6. The predicted octanol–water partition coefficient (Wildman–Crippen LogP) is 1.09. The molecular weight excluding hydrogens is 687 g/mol. The molecule has 54 heavy (non-hydrogen) atoms. The zero-order valence-electron chi connectivity index (χ0n) is 29.1. The maximum absolute atomic E-state index is 13.6. The molecule has 1 fully saturated rings. The van der Waals surface area contributed by atoms with Crippen LogP contribution in [-0.2, 0) is 0 Å². The number of hydrogen-bond acceptors (Lipinski definition) is 7. The van der Waals surface area contributed by atoms with E-state index in [0.717, 1.165) is 12.1 Å². The van der Waals surface area contributed by atoms with Crippen molar-refractivity contribution in [2.24, 2.45) is 0 Å². The molecule has 1 aliphatic rings. The summed E-state index contributed by atoms with van der Waals surface area (Å²) in [6, 6.07) is 10.3. The van der Waals surface area contributed by atoms with Crippen LogP contribution < -0.4 is 20.1 Å². The Morgan fingerprint density at radius 2 is 1.54 bits per heavy atom. The number of carbonyl (C=O) groups is 2. The number of amides is 2. The van der Waals surface area contributed by atoms with Crippen molar-refractivity contribution in [3.63, 3.8) is 0 Å². The minimum atomic E-state index is -4.90. The SMILES string of the molecule is [B]C([B])([B])Oc1ncc(-c2ccc3c(C(=O)NC4CCC(N(C([B])([B])[B])C([B])([B])[B])CC4)n[nH]c3c2)cc1C(=O)NC(C)c1cccc(OC(F)(F)F)c1. The number of pyridine rings is 1. The molecule has 4 aromatic rings. The Kier molecular flexibility index (Phi) is 11.9. The lowest BCUT2D eigenvalue weighted by molar-refractivity contribution is -0.274. The van der Waals surface area contributed by atoms with Gasteiger partial charge in [0.1, 0.15) is 34.9 Å². The normalized spacial score (nSPS) is 17.5. The summed E-state index contributed by atoms with van der Waals surface area (Å²) in [6.07, 6.45) is -1.45. The number of aromatic nitrogens is 3. The van der Waals surface area contributed by atoms with Gasteiger partial charge in [0.25, 0.3) is 11.8 Å². The van der Waals surface area contributed by atoms with Crippen molar-refractivity contribution in [1.29, 1.82) is 0 Å². The molecule has 5 rings (SSSR count). The summed E-state index contributed by atoms with van der Waals surface area (Å²) < 4.78 is 47.7. The van der Waals surface area contributed by atoms with Crippen LogP contribution in [0.3, 0.4) is 0 Å². The minimum absolute atomic E-state index is 0.138. The van der Waals surface area contributed by atoms with E-state index in [1.807, 2.05) is 0 Å². The smallest absolute Gasteiger partial charge is 0.500 e. The maximum Gasteiger partial charge on any atom is 0.573 e. The van der Waals surface area contributed by atoms with Crippen LogP contribution in [0.25, 0.3) is 22.0 Å². The van der Waals surface area contributed by atoms with E-state index in [2.05, 4.69) is 30.6 Å². The third kappa shape index (κ3) is 10.4. The van der Waals surface area contributed by atoms with Crippen LogP contribution in [0.2, 0.25) is 0 Å². The number of benzene rings is 2. The minimum Gasteiger partial charge on any atom is -0.500 e. The van der Waals surface area contributed by atoms with Gasteiger partial charge in [-0.1, -0.05) is 28.7 Å². The first-order chi connectivity index (χ1) is 25.0. The number of ether oxygens (including phenoxy) is 2. The Morgan fingerprint density at radius 1 is 0.870 bits per heavy atom. The van der Waals surface area contributed by atoms with E-state index in [-0.39, 0.29) is 29.2 Å². The summed E-state index contributed by atoms with van der Waals surface area (Å²) in [5.74, 6) is -1.91. The Balaban J connectivity index is 1.32. The molecule has 2 aromatic carbocycles. The number of carbonyl (C=O) groups excluding carboxylic acids is 2. The molecule has 0 bridgehead atoms. The van der Waals surface area contributed by atoms with Gasteiger partial charge in [-0.2, -0.15) is 5.10 Å². The second-order valence-corrected chi connectivity index (χ2v) is 13.3. The average molecular weight is 713 g/mol. The quantitative estimate of drug-likeness (QED) is 0.188. The Bertz CT molecular complexity index is 1980. The summed E-state index contributed by atoms with van der Waals surface area (Å²) >= 11 is 0. The van der Waals surface area contributed by atoms with E-state index in [1.54, 1.807) is 25.1 Å². The lowest BCUT2D eigenvalue weighted by Gasteiger charge is -2.54. The zero-order valence-corrected chi connectivity index (χ0v) is 29.1. The van der Waals surface area contributed by atoms with Crippen LogP contribution >= 0.6 is 0 Å². The van der Waals surface area contributed by atoms with Gasteiger partial charge in [-0.15, -0.1) is 13.2 Å². The third-order valence-electron chi connectivity index (χ3n) is 8.65. The Hall–Kier alpha value is -4.07. The summed E-state index contributed by atoms with van der Waals surface area (Å²) in [5, 5.41) is 7.38. The third-order valence-corrected chi connectivity index (χ3v) is 8.65. The molecule has 1 unspecified atom stereocenters. The lowest BCUT2D eigenvalue weighted by Crippen LogP contribution is -2.67. The highest BCUT2D eigenvalue weighted by Gasteiger charge is 2.37. The van der Waals surface area contributed by atoms with Gasteiger partial charge in [0.05, 0.1) is 58.6 Å². The lowest BCUT2D eigenvalue weighted by atomic mass is 9.40. The van der Waals surface area contributed by atoms with Gasteiger partial charge in [-0.25, -0.2) is 4.98 Å². The van der Waals surface area contributed by atoms with Gasteiger partial charge < -0.3 is 25.0 Å².